The fourth-order valence-electron chi connectivity index (χ4n) is 2.29. The third-order valence-corrected chi connectivity index (χ3v) is 7.22. The first-order valence-corrected chi connectivity index (χ1v) is 11.4. The first-order chi connectivity index (χ1) is 14.4. The highest BCUT2D eigenvalue weighted by molar-refractivity contribution is 7.92. The molecule has 0 bridgehead atoms. The summed E-state index contributed by atoms with van der Waals surface area (Å²) in [7, 11) is -9.00. The molecule has 0 saturated heterocycles. The summed E-state index contributed by atoms with van der Waals surface area (Å²) >= 11 is 0. The lowest BCUT2D eigenvalue weighted by Crippen LogP contribution is -2.26. The number of hydrogen-bond acceptors (Lipinski definition) is 6. The highest BCUT2D eigenvalue weighted by Crippen LogP contribution is 2.31. The molecular weight excluding hydrogens is 492 g/mol. The lowest BCUT2D eigenvalue weighted by atomic mass is 10.2. The molecule has 0 saturated carbocycles. The summed E-state index contributed by atoms with van der Waals surface area (Å²) in [5.74, 6) is -2.07. The van der Waals surface area contributed by atoms with Crippen LogP contribution < -0.4 is 5.49 Å². The monoisotopic (exact) mass is 505 g/mol. The van der Waals surface area contributed by atoms with Crippen LogP contribution in [0.3, 0.4) is 0 Å². The average molecular weight is 505 g/mol. The topological polar surface area (TPSA) is 116 Å². The number of carbonyl (C=O) groups is 1. The molecule has 0 aliphatic carbocycles. The normalized spacial score (nSPS) is 13.9. The molecule has 0 aromatic carbocycles. The third kappa shape index (κ3) is 5.01. The van der Waals surface area contributed by atoms with Gasteiger partial charge in [-0.2, -0.15) is 31.3 Å². The van der Waals surface area contributed by atoms with E-state index in [9.17, 15) is 48.0 Å². The second-order valence-electron chi connectivity index (χ2n) is 6.17. The quantitative estimate of drug-likeness (QED) is 0.589. The maximum Gasteiger partial charge on any atom is 0.501 e. The molecule has 0 N–H and O–H groups in total. The lowest BCUT2D eigenvalue weighted by Gasteiger charge is -2.11. The van der Waals surface area contributed by atoms with Gasteiger partial charge < -0.3 is 4.57 Å². The number of halogens is 6. The Kier molecular flexibility index (Phi) is 6.62. The standard InChI is InChI=1S/C16H13F6N3O5S2/c1-3-31(27,28)11-6-9(15(17,18)19)7-23-13(11)14(26)24-12-5-4-10(8-25(12)2)32(29,30)16(20,21)22/h4-8H,3H2,1-2H3/b24-12+. The predicted octanol–water partition coefficient (Wildman–Crippen LogP) is 2.27. The summed E-state index contributed by atoms with van der Waals surface area (Å²) in [4.78, 5) is 17.0. The zero-order valence-corrected chi connectivity index (χ0v) is 17.7. The van der Waals surface area contributed by atoms with E-state index in [1.807, 2.05) is 0 Å². The zero-order valence-electron chi connectivity index (χ0n) is 16.1. The molecule has 1 amide bonds. The molecule has 2 heterocycles. The van der Waals surface area contributed by atoms with Crippen molar-refractivity contribution >= 4 is 25.6 Å². The number of rotatable bonds is 4. The van der Waals surface area contributed by atoms with Crippen molar-refractivity contribution in [1.29, 1.82) is 0 Å². The second-order valence-corrected chi connectivity index (χ2v) is 10.4. The van der Waals surface area contributed by atoms with Crippen LogP contribution >= 0.6 is 0 Å². The molecule has 176 valence electrons. The van der Waals surface area contributed by atoms with Crippen LogP contribution in [0, 0.1) is 0 Å². The van der Waals surface area contributed by atoms with Gasteiger partial charge in [0.15, 0.2) is 9.84 Å². The molecule has 8 nitrogen and oxygen atoms in total. The Labute approximate surface area is 177 Å². The molecule has 0 aliphatic heterocycles. The van der Waals surface area contributed by atoms with Crippen LogP contribution in [-0.4, -0.2) is 43.6 Å². The summed E-state index contributed by atoms with van der Waals surface area (Å²) in [6, 6.07) is 1.47. The number of aryl methyl sites for hydroxylation is 1. The Morgan fingerprint density at radius 3 is 2.16 bits per heavy atom. The highest BCUT2D eigenvalue weighted by atomic mass is 32.2. The highest BCUT2D eigenvalue weighted by Gasteiger charge is 2.47. The summed E-state index contributed by atoms with van der Waals surface area (Å²) in [5, 5.41) is 0. The van der Waals surface area contributed by atoms with Gasteiger partial charge in [0.2, 0.25) is 0 Å². The number of pyridine rings is 2. The average Bonchev–Trinajstić information content (AvgIpc) is 2.67. The Hall–Kier alpha value is -2.75. The number of carbonyl (C=O) groups excluding carboxylic acids is 1. The Morgan fingerprint density at radius 1 is 1.09 bits per heavy atom. The molecule has 0 unspecified atom stereocenters. The van der Waals surface area contributed by atoms with Gasteiger partial charge in [-0.1, -0.05) is 6.92 Å². The maximum absolute atomic E-state index is 12.9. The van der Waals surface area contributed by atoms with Crippen LogP contribution in [-0.2, 0) is 32.9 Å². The minimum absolute atomic E-state index is 0.230. The van der Waals surface area contributed by atoms with E-state index in [0.29, 0.717) is 12.3 Å². The van der Waals surface area contributed by atoms with E-state index in [4.69, 9.17) is 0 Å². The minimum atomic E-state index is -5.69. The van der Waals surface area contributed by atoms with E-state index in [-0.39, 0.29) is 12.3 Å². The van der Waals surface area contributed by atoms with E-state index in [1.165, 1.54) is 0 Å². The molecule has 2 aromatic heterocycles. The van der Waals surface area contributed by atoms with Crippen LogP contribution in [0.2, 0.25) is 0 Å². The summed E-state index contributed by atoms with van der Waals surface area (Å²) in [6.07, 6.45) is -4.20. The molecular formula is C16H13F6N3O5S2. The van der Waals surface area contributed by atoms with Gasteiger partial charge in [-0.05, 0) is 18.2 Å². The molecule has 2 aromatic rings. The van der Waals surface area contributed by atoms with Gasteiger partial charge in [-0.15, -0.1) is 0 Å². The molecule has 0 atom stereocenters. The Balaban J connectivity index is 2.64. The number of amides is 1. The van der Waals surface area contributed by atoms with Crippen molar-refractivity contribution in [1.82, 2.24) is 9.55 Å². The zero-order chi connectivity index (χ0) is 24.7. The molecule has 16 heteroatoms. The summed E-state index contributed by atoms with van der Waals surface area (Å²) < 4.78 is 125. The molecule has 0 fully saturated rings. The van der Waals surface area contributed by atoms with Gasteiger partial charge in [-0.25, -0.2) is 21.8 Å². The van der Waals surface area contributed by atoms with Crippen molar-refractivity contribution in [2.24, 2.45) is 12.0 Å². The van der Waals surface area contributed by atoms with Crippen LogP contribution in [0.15, 0.2) is 45.4 Å². The molecule has 32 heavy (non-hydrogen) atoms. The van der Waals surface area contributed by atoms with Crippen LogP contribution in [0.5, 0.6) is 0 Å². The van der Waals surface area contributed by atoms with Crippen molar-refractivity contribution < 1.29 is 48.0 Å². The first-order valence-electron chi connectivity index (χ1n) is 8.29. The Morgan fingerprint density at radius 2 is 1.69 bits per heavy atom. The van der Waals surface area contributed by atoms with E-state index >= 15 is 0 Å². The SMILES string of the molecule is CCS(=O)(=O)c1cc(C(F)(F)F)cnc1C(=O)/N=c1\ccc(S(=O)(=O)C(F)(F)F)cn1C. The van der Waals surface area contributed by atoms with Crippen molar-refractivity contribution in [3.05, 3.63) is 47.3 Å². The largest absolute Gasteiger partial charge is 0.501 e. The predicted molar refractivity (Wildman–Crippen MR) is 95.5 cm³/mol. The van der Waals surface area contributed by atoms with Gasteiger partial charge in [0.05, 0.1) is 21.1 Å². The van der Waals surface area contributed by atoms with Crippen molar-refractivity contribution in [3.8, 4) is 0 Å². The van der Waals surface area contributed by atoms with E-state index in [0.717, 1.165) is 24.6 Å². The minimum Gasteiger partial charge on any atom is -0.335 e. The fourth-order valence-corrected chi connectivity index (χ4v) is 4.16. The van der Waals surface area contributed by atoms with Gasteiger partial charge in [-0.3, -0.25) is 4.79 Å². The summed E-state index contributed by atoms with van der Waals surface area (Å²) in [6.45, 7) is 1.13. The number of aromatic nitrogens is 2. The van der Waals surface area contributed by atoms with Crippen LogP contribution in [0.25, 0.3) is 0 Å². The van der Waals surface area contributed by atoms with Crippen molar-refractivity contribution in [2.75, 3.05) is 5.75 Å². The second kappa shape index (κ2) is 8.31. The van der Waals surface area contributed by atoms with Crippen LogP contribution in [0.1, 0.15) is 23.0 Å². The van der Waals surface area contributed by atoms with Gasteiger partial charge in [0.1, 0.15) is 11.2 Å². The Bertz CT molecular complexity index is 1340. The van der Waals surface area contributed by atoms with Crippen LogP contribution in [0.4, 0.5) is 26.3 Å². The van der Waals surface area contributed by atoms with Gasteiger partial charge in [0.25, 0.3) is 15.7 Å². The molecule has 0 spiro atoms. The fraction of sp³-hybridized carbons (Fsp3) is 0.312. The third-order valence-electron chi connectivity index (χ3n) is 4.01. The smallest absolute Gasteiger partial charge is 0.335 e. The number of alkyl halides is 6. The number of hydrogen-bond donors (Lipinski definition) is 0. The van der Waals surface area contributed by atoms with Crippen molar-refractivity contribution in [3.63, 3.8) is 0 Å². The van der Waals surface area contributed by atoms with E-state index in [1.54, 1.807) is 0 Å². The van der Waals surface area contributed by atoms with Gasteiger partial charge >= 0.3 is 11.7 Å². The first kappa shape index (κ1) is 25.5. The molecule has 0 radical (unpaired) electrons. The van der Waals surface area contributed by atoms with Crippen molar-refractivity contribution in [2.45, 2.75) is 28.4 Å². The van der Waals surface area contributed by atoms with E-state index in [2.05, 4.69) is 9.98 Å². The number of sulfone groups is 2. The lowest BCUT2D eigenvalue weighted by molar-refractivity contribution is -0.138. The maximum atomic E-state index is 12.9. The number of nitrogens with zero attached hydrogens (tertiary/aromatic N) is 3. The van der Waals surface area contributed by atoms with E-state index < -0.39 is 69.6 Å². The summed E-state index contributed by atoms with van der Waals surface area (Å²) in [5.41, 5.74) is -8.36. The molecule has 2 rings (SSSR count). The molecule has 0 aliphatic rings. The van der Waals surface area contributed by atoms with Gasteiger partial charge in [0, 0.05) is 19.4 Å².